The van der Waals surface area contributed by atoms with Crippen LogP contribution in [0.1, 0.15) is 46.0 Å². The van der Waals surface area contributed by atoms with Crippen LogP contribution in [0.25, 0.3) is 0 Å². The molecule has 4 fully saturated rings. The Bertz CT molecular complexity index is 662. The van der Waals surface area contributed by atoms with Gasteiger partial charge in [0.2, 0.25) is 0 Å². The average Bonchev–Trinajstić information content (AvgIpc) is 3.25. The Hall–Kier alpha value is -0.950. The second kappa shape index (κ2) is 6.79. The van der Waals surface area contributed by atoms with E-state index in [9.17, 15) is 9.90 Å². The molecule has 2 aliphatic carbocycles. The van der Waals surface area contributed by atoms with Gasteiger partial charge >= 0.3 is 5.97 Å². The second-order valence-corrected chi connectivity index (χ2v) is 9.71. The van der Waals surface area contributed by atoms with Crippen LogP contribution in [0, 0.1) is 23.2 Å². The highest BCUT2D eigenvalue weighted by Gasteiger charge is 2.60. The highest BCUT2D eigenvalue weighted by Crippen LogP contribution is 2.56. The van der Waals surface area contributed by atoms with E-state index in [1.165, 1.54) is 5.57 Å². The Morgan fingerprint density at radius 3 is 2.68 bits per heavy atom. The van der Waals surface area contributed by atoms with Crippen molar-refractivity contribution in [2.45, 2.75) is 63.9 Å². The Balaban J connectivity index is 1.31. The normalized spacial score (nSPS) is 45.5. The van der Waals surface area contributed by atoms with Crippen molar-refractivity contribution in [2.24, 2.45) is 23.2 Å². The summed E-state index contributed by atoms with van der Waals surface area (Å²) < 4.78 is 17.4. The van der Waals surface area contributed by atoms with Crippen LogP contribution in [0.4, 0.5) is 0 Å². The molecule has 28 heavy (non-hydrogen) atoms. The third-order valence-electron chi connectivity index (χ3n) is 8.46. The zero-order chi connectivity index (χ0) is 19.5. The molecule has 156 valence electrons. The number of fused-ring (bicyclic) bond motifs is 2. The van der Waals surface area contributed by atoms with Gasteiger partial charge in [-0.05, 0) is 18.8 Å². The molecule has 0 amide bonds. The molecule has 5 rings (SSSR count). The number of hydrogen-bond acceptors (Lipinski definition) is 6. The van der Waals surface area contributed by atoms with Gasteiger partial charge < -0.3 is 24.2 Å². The molecule has 0 aromatic rings. The topological polar surface area (TPSA) is 68.2 Å². The lowest BCUT2D eigenvalue weighted by Gasteiger charge is -2.52. The largest absolute Gasteiger partial charge is 0.461 e. The SMILES string of the molecule is C[C@@H]1CCC=C2C[C@H]3OC(=O)C(CN4CCC5(CC4)OCCO5)[C@H]3[C@H](O)[C@@]21C. The van der Waals surface area contributed by atoms with Crippen LogP contribution in [0.2, 0.25) is 0 Å². The third-order valence-corrected chi connectivity index (χ3v) is 8.46. The van der Waals surface area contributed by atoms with Crippen LogP contribution in [0.5, 0.6) is 0 Å². The van der Waals surface area contributed by atoms with E-state index in [2.05, 4.69) is 24.8 Å². The molecule has 1 unspecified atom stereocenters. The first kappa shape index (κ1) is 19.0. The molecule has 1 N–H and O–H groups in total. The Morgan fingerprint density at radius 1 is 1.25 bits per heavy atom. The van der Waals surface area contributed by atoms with Crippen molar-refractivity contribution in [3.8, 4) is 0 Å². The maximum absolute atomic E-state index is 12.8. The number of allylic oxidation sites excluding steroid dienone is 1. The maximum atomic E-state index is 12.8. The number of ether oxygens (including phenoxy) is 3. The Labute approximate surface area is 167 Å². The Morgan fingerprint density at radius 2 is 1.96 bits per heavy atom. The van der Waals surface area contributed by atoms with Crippen LogP contribution in [-0.2, 0) is 19.0 Å². The predicted molar refractivity (Wildman–Crippen MR) is 102 cm³/mol. The molecule has 3 heterocycles. The summed E-state index contributed by atoms with van der Waals surface area (Å²) in [6.45, 7) is 8.18. The standard InChI is InChI=1S/C22H33NO5/c1-14-4-3-5-15-12-17-18(19(24)21(14,15)2)16(20(25)28-17)13-23-8-6-22(7-9-23)26-10-11-27-22/h5,14,16-19,24H,3-4,6-13H2,1-2H3/t14-,16?,17-,18-,19+,21-/m1/s1. The summed E-state index contributed by atoms with van der Waals surface area (Å²) in [6.07, 6.45) is 6.22. The molecule has 0 bridgehead atoms. The summed E-state index contributed by atoms with van der Waals surface area (Å²) >= 11 is 0. The number of esters is 1. The van der Waals surface area contributed by atoms with Gasteiger partial charge in [-0.2, -0.15) is 0 Å². The van der Waals surface area contributed by atoms with Crippen LogP contribution in [0.15, 0.2) is 11.6 Å². The molecule has 1 spiro atoms. The van der Waals surface area contributed by atoms with E-state index >= 15 is 0 Å². The number of likely N-dealkylation sites (tertiary alicyclic amines) is 1. The van der Waals surface area contributed by atoms with E-state index < -0.39 is 11.9 Å². The molecule has 6 nitrogen and oxygen atoms in total. The summed E-state index contributed by atoms with van der Waals surface area (Å²) in [6, 6.07) is 0. The van der Waals surface area contributed by atoms with Crippen molar-refractivity contribution in [1.82, 2.24) is 4.90 Å². The molecular weight excluding hydrogens is 358 g/mol. The average molecular weight is 392 g/mol. The molecular formula is C22H33NO5. The fourth-order valence-corrected chi connectivity index (χ4v) is 6.41. The van der Waals surface area contributed by atoms with E-state index in [0.29, 0.717) is 25.7 Å². The molecule has 0 aromatic carbocycles. The summed E-state index contributed by atoms with van der Waals surface area (Å²) in [7, 11) is 0. The molecule has 0 aromatic heterocycles. The van der Waals surface area contributed by atoms with Gasteiger partial charge in [0.15, 0.2) is 5.79 Å². The molecule has 0 radical (unpaired) electrons. The fraction of sp³-hybridized carbons (Fsp3) is 0.864. The predicted octanol–water partition coefficient (Wildman–Crippen LogP) is 2.11. The third kappa shape index (κ3) is 2.79. The molecule has 3 saturated heterocycles. The zero-order valence-electron chi connectivity index (χ0n) is 17.1. The van der Waals surface area contributed by atoms with E-state index in [4.69, 9.17) is 14.2 Å². The number of rotatable bonds is 2. The van der Waals surface area contributed by atoms with Gasteiger partial charge in [-0.1, -0.05) is 25.5 Å². The van der Waals surface area contributed by atoms with Crippen LogP contribution >= 0.6 is 0 Å². The van der Waals surface area contributed by atoms with Crippen molar-refractivity contribution in [1.29, 1.82) is 0 Å². The molecule has 6 heteroatoms. The minimum atomic E-state index is -0.526. The van der Waals surface area contributed by atoms with Crippen molar-refractivity contribution in [3.05, 3.63) is 11.6 Å². The van der Waals surface area contributed by atoms with Crippen molar-refractivity contribution in [2.75, 3.05) is 32.8 Å². The van der Waals surface area contributed by atoms with E-state index in [1.54, 1.807) is 0 Å². The monoisotopic (exact) mass is 391 g/mol. The smallest absolute Gasteiger partial charge is 0.311 e. The van der Waals surface area contributed by atoms with Crippen LogP contribution in [-0.4, -0.2) is 66.8 Å². The van der Waals surface area contributed by atoms with Gasteiger partial charge in [-0.3, -0.25) is 4.79 Å². The number of piperidine rings is 1. The highest BCUT2D eigenvalue weighted by atomic mass is 16.7. The first-order valence-electron chi connectivity index (χ1n) is 11.0. The van der Waals surface area contributed by atoms with Gasteiger partial charge in [0.1, 0.15) is 6.10 Å². The van der Waals surface area contributed by atoms with Gasteiger partial charge in [0, 0.05) is 50.2 Å². The number of aliphatic hydroxyl groups is 1. The molecule has 3 aliphatic heterocycles. The van der Waals surface area contributed by atoms with Crippen LogP contribution in [0.3, 0.4) is 0 Å². The summed E-state index contributed by atoms with van der Waals surface area (Å²) in [4.78, 5) is 15.1. The first-order chi connectivity index (χ1) is 13.4. The molecule has 5 aliphatic rings. The van der Waals surface area contributed by atoms with Crippen molar-refractivity contribution >= 4 is 5.97 Å². The lowest BCUT2D eigenvalue weighted by atomic mass is 9.55. The molecule has 1 saturated carbocycles. The zero-order valence-corrected chi connectivity index (χ0v) is 17.1. The van der Waals surface area contributed by atoms with E-state index in [1.807, 2.05) is 0 Å². The number of aliphatic hydroxyl groups excluding tert-OH is 1. The van der Waals surface area contributed by atoms with Crippen molar-refractivity contribution in [3.63, 3.8) is 0 Å². The minimum Gasteiger partial charge on any atom is -0.461 e. The van der Waals surface area contributed by atoms with Gasteiger partial charge in [-0.25, -0.2) is 0 Å². The Kier molecular flexibility index (Phi) is 4.62. The highest BCUT2D eigenvalue weighted by molar-refractivity contribution is 5.76. The fourth-order valence-electron chi connectivity index (χ4n) is 6.41. The lowest BCUT2D eigenvalue weighted by molar-refractivity contribution is -0.186. The van der Waals surface area contributed by atoms with Gasteiger partial charge in [0.25, 0.3) is 0 Å². The first-order valence-corrected chi connectivity index (χ1v) is 11.0. The minimum absolute atomic E-state index is 0.106. The second-order valence-electron chi connectivity index (χ2n) is 9.71. The quantitative estimate of drug-likeness (QED) is 0.574. The molecule has 6 atom stereocenters. The summed E-state index contributed by atoms with van der Waals surface area (Å²) in [5.41, 5.74) is 1.06. The number of carbonyl (C=O) groups excluding carboxylic acids is 1. The summed E-state index contributed by atoms with van der Waals surface area (Å²) in [5.74, 6) is -0.453. The van der Waals surface area contributed by atoms with Gasteiger partial charge in [0.05, 0.1) is 25.2 Å². The summed E-state index contributed by atoms with van der Waals surface area (Å²) in [5, 5.41) is 11.5. The lowest BCUT2D eigenvalue weighted by Crippen LogP contribution is -2.55. The number of nitrogens with zero attached hydrogens (tertiary/aromatic N) is 1. The van der Waals surface area contributed by atoms with Crippen LogP contribution < -0.4 is 0 Å². The number of carbonyl (C=O) groups is 1. The van der Waals surface area contributed by atoms with Crippen molar-refractivity contribution < 1.29 is 24.1 Å². The van der Waals surface area contributed by atoms with Gasteiger partial charge in [-0.15, -0.1) is 0 Å². The van der Waals surface area contributed by atoms with E-state index in [-0.39, 0.29) is 29.3 Å². The number of hydrogen-bond donors (Lipinski definition) is 1. The maximum Gasteiger partial charge on any atom is 0.311 e. The van der Waals surface area contributed by atoms with E-state index in [0.717, 1.165) is 45.2 Å².